The van der Waals surface area contributed by atoms with Gasteiger partial charge in [-0.1, -0.05) is 11.6 Å². The first kappa shape index (κ1) is 20.9. The molecule has 1 saturated heterocycles. The fraction of sp³-hybridized carbons (Fsp3) is 0.611. The molecule has 1 fully saturated rings. The van der Waals surface area contributed by atoms with E-state index in [4.69, 9.17) is 11.6 Å². The molecular weight excluding hydrogens is 374 g/mol. The second kappa shape index (κ2) is 10.0. The van der Waals surface area contributed by atoms with E-state index in [1.54, 1.807) is 17.0 Å². The van der Waals surface area contributed by atoms with Gasteiger partial charge in [0.25, 0.3) is 0 Å². The number of halogens is 1. The molecule has 0 N–H and O–H groups in total. The summed E-state index contributed by atoms with van der Waals surface area (Å²) < 4.78 is 0.579. The topological polar surface area (TPSA) is 60.9 Å². The average molecular weight is 400 g/mol. The van der Waals surface area contributed by atoms with E-state index in [-0.39, 0.29) is 30.4 Å². The first-order valence-corrected chi connectivity index (χ1v) is 10.2. The third-order valence-electron chi connectivity index (χ3n) is 4.61. The number of Topliss-reactive ketones (excluding diaryl/α,β-unsaturated/α-hetero) is 1. The van der Waals surface area contributed by atoms with Gasteiger partial charge >= 0.3 is 0 Å². The summed E-state index contributed by atoms with van der Waals surface area (Å²) in [4.78, 5) is 42.8. The molecule has 2 amide bonds. The smallest absolute Gasteiger partial charge is 0.236 e. The van der Waals surface area contributed by atoms with Gasteiger partial charge in [0, 0.05) is 52.1 Å². The summed E-state index contributed by atoms with van der Waals surface area (Å²) in [6.45, 7) is 8.37. The Bertz CT molecular complexity index is 637. The van der Waals surface area contributed by atoms with Crippen molar-refractivity contribution in [2.45, 2.75) is 26.7 Å². The number of piperazine rings is 1. The van der Waals surface area contributed by atoms with Crippen LogP contribution in [0.3, 0.4) is 0 Å². The maximum atomic E-state index is 12.3. The highest BCUT2D eigenvalue weighted by Gasteiger charge is 2.24. The van der Waals surface area contributed by atoms with Crippen molar-refractivity contribution in [2.75, 3.05) is 45.8 Å². The van der Waals surface area contributed by atoms with E-state index < -0.39 is 0 Å². The summed E-state index contributed by atoms with van der Waals surface area (Å²) in [5.41, 5.74) is 0. The van der Waals surface area contributed by atoms with Crippen LogP contribution in [0.15, 0.2) is 12.1 Å². The van der Waals surface area contributed by atoms with Crippen LogP contribution < -0.4 is 0 Å². The Morgan fingerprint density at radius 3 is 2.27 bits per heavy atom. The van der Waals surface area contributed by atoms with Crippen LogP contribution in [0.5, 0.6) is 0 Å². The van der Waals surface area contributed by atoms with Crippen molar-refractivity contribution in [1.82, 2.24) is 14.7 Å². The quantitative estimate of drug-likeness (QED) is 0.629. The lowest BCUT2D eigenvalue weighted by Crippen LogP contribution is -2.51. The monoisotopic (exact) mass is 399 g/mol. The largest absolute Gasteiger partial charge is 0.342 e. The Morgan fingerprint density at radius 1 is 1.08 bits per heavy atom. The highest BCUT2D eigenvalue weighted by atomic mass is 35.5. The lowest BCUT2D eigenvalue weighted by molar-refractivity contribution is -0.135. The van der Waals surface area contributed by atoms with Gasteiger partial charge in [0.1, 0.15) is 0 Å². The minimum Gasteiger partial charge on any atom is -0.342 e. The molecule has 1 aromatic rings. The number of hydrogen-bond donors (Lipinski definition) is 0. The van der Waals surface area contributed by atoms with Crippen molar-refractivity contribution in [3.05, 3.63) is 21.3 Å². The van der Waals surface area contributed by atoms with E-state index in [9.17, 15) is 14.4 Å². The van der Waals surface area contributed by atoms with Crippen LogP contribution in [-0.4, -0.2) is 78.1 Å². The summed E-state index contributed by atoms with van der Waals surface area (Å²) in [6, 6.07) is 3.39. The SMILES string of the molecule is CCN(CC)C(=O)CN1CCN(C(=O)CCC(=O)c2ccc(Cl)s2)CC1. The molecule has 0 atom stereocenters. The molecule has 0 saturated carbocycles. The molecule has 144 valence electrons. The first-order chi connectivity index (χ1) is 12.4. The van der Waals surface area contributed by atoms with Gasteiger partial charge < -0.3 is 9.80 Å². The van der Waals surface area contributed by atoms with Crippen molar-refractivity contribution in [1.29, 1.82) is 0 Å². The zero-order valence-corrected chi connectivity index (χ0v) is 16.9. The summed E-state index contributed by atoms with van der Waals surface area (Å²) in [6.07, 6.45) is 0.420. The molecule has 1 aromatic heterocycles. The molecule has 0 unspecified atom stereocenters. The fourth-order valence-electron chi connectivity index (χ4n) is 2.99. The predicted octanol–water partition coefficient (Wildman–Crippen LogP) is 2.38. The summed E-state index contributed by atoms with van der Waals surface area (Å²) in [5.74, 6) is 0.0874. The van der Waals surface area contributed by atoms with E-state index in [0.717, 1.165) is 13.1 Å². The number of rotatable bonds is 8. The third kappa shape index (κ3) is 5.79. The van der Waals surface area contributed by atoms with Gasteiger partial charge in [-0.3, -0.25) is 19.3 Å². The number of carbonyl (C=O) groups is 3. The zero-order valence-electron chi connectivity index (χ0n) is 15.4. The third-order valence-corrected chi connectivity index (χ3v) is 5.89. The van der Waals surface area contributed by atoms with Crippen LogP contribution in [0.25, 0.3) is 0 Å². The van der Waals surface area contributed by atoms with Gasteiger partial charge in [-0.2, -0.15) is 0 Å². The maximum Gasteiger partial charge on any atom is 0.236 e. The Labute approximate surface area is 163 Å². The molecule has 8 heteroatoms. The molecule has 1 aliphatic heterocycles. The van der Waals surface area contributed by atoms with Gasteiger partial charge in [0.15, 0.2) is 5.78 Å². The van der Waals surface area contributed by atoms with Crippen LogP contribution in [0, 0.1) is 0 Å². The number of ketones is 1. The highest BCUT2D eigenvalue weighted by molar-refractivity contribution is 7.18. The Balaban J connectivity index is 1.72. The number of likely N-dealkylation sites (N-methyl/N-ethyl adjacent to an activating group) is 1. The molecule has 2 rings (SSSR count). The highest BCUT2D eigenvalue weighted by Crippen LogP contribution is 2.23. The average Bonchev–Trinajstić information content (AvgIpc) is 3.07. The van der Waals surface area contributed by atoms with Crippen molar-refractivity contribution in [3.63, 3.8) is 0 Å². The normalized spacial score (nSPS) is 15.1. The Hall–Kier alpha value is -1.44. The molecule has 26 heavy (non-hydrogen) atoms. The summed E-state index contributed by atoms with van der Waals surface area (Å²) >= 11 is 7.08. The lowest BCUT2D eigenvalue weighted by Gasteiger charge is -2.35. The van der Waals surface area contributed by atoms with E-state index in [2.05, 4.69) is 4.90 Å². The standard InChI is InChI=1S/C18H26ClN3O3S/c1-3-21(4-2)18(25)13-20-9-11-22(12-10-20)17(24)8-5-14(23)15-6-7-16(19)26-15/h6-7H,3-5,8-13H2,1-2H3. The second-order valence-electron chi connectivity index (χ2n) is 6.25. The molecule has 0 bridgehead atoms. The van der Waals surface area contributed by atoms with Crippen LogP contribution >= 0.6 is 22.9 Å². The van der Waals surface area contributed by atoms with Gasteiger partial charge in [-0.05, 0) is 26.0 Å². The summed E-state index contributed by atoms with van der Waals surface area (Å²) in [5, 5.41) is 0. The predicted molar refractivity (Wildman–Crippen MR) is 104 cm³/mol. The van der Waals surface area contributed by atoms with Crippen LogP contribution in [0.1, 0.15) is 36.4 Å². The van der Waals surface area contributed by atoms with Gasteiger partial charge in [-0.25, -0.2) is 0 Å². The van der Waals surface area contributed by atoms with Gasteiger partial charge in [0.2, 0.25) is 11.8 Å². The first-order valence-electron chi connectivity index (χ1n) is 9.01. The van der Waals surface area contributed by atoms with E-state index in [0.29, 0.717) is 41.9 Å². The molecule has 0 spiro atoms. The molecule has 0 radical (unpaired) electrons. The molecular formula is C18H26ClN3O3S. The van der Waals surface area contributed by atoms with E-state index in [1.807, 2.05) is 18.7 Å². The van der Waals surface area contributed by atoms with Gasteiger partial charge in [0.05, 0.1) is 15.8 Å². The molecule has 0 aliphatic carbocycles. The van der Waals surface area contributed by atoms with Crippen molar-refractivity contribution >= 4 is 40.5 Å². The molecule has 2 heterocycles. The fourth-order valence-corrected chi connectivity index (χ4v) is 4.00. The molecule has 0 aromatic carbocycles. The second-order valence-corrected chi connectivity index (χ2v) is 7.96. The Morgan fingerprint density at radius 2 is 1.73 bits per heavy atom. The lowest BCUT2D eigenvalue weighted by atomic mass is 10.1. The van der Waals surface area contributed by atoms with Crippen LogP contribution in [-0.2, 0) is 9.59 Å². The number of nitrogens with zero attached hydrogens (tertiary/aromatic N) is 3. The van der Waals surface area contributed by atoms with Crippen molar-refractivity contribution in [2.24, 2.45) is 0 Å². The van der Waals surface area contributed by atoms with Crippen LogP contribution in [0.4, 0.5) is 0 Å². The Kier molecular flexibility index (Phi) is 8.06. The van der Waals surface area contributed by atoms with Crippen molar-refractivity contribution < 1.29 is 14.4 Å². The summed E-state index contributed by atoms with van der Waals surface area (Å²) in [7, 11) is 0. The number of hydrogen-bond acceptors (Lipinski definition) is 5. The number of thiophene rings is 1. The van der Waals surface area contributed by atoms with E-state index >= 15 is 0 Å². The number of carbonyl (C=O) groups excluding carboxylic acids is 3. The zero-order chi connectivity index (χ0) is 19.1. The van der Waals surface area contributed by atoms with Gasteiger partial charge in [-0.15, -0.1) is 11.3 Å². The molecule has 6 nitrogen and oxygen atoms in total. The van der Waals surface area contributed by atoms with Crippen molar-refractivity contribution in [3.8, 4) is 0 Å². The van der Waals surface area contributed by atoms with Crippen LogP contribution in [0.2, 0.25) is 4.34 Å². The maximum absolute atomic E-state index is 12.3. The molecule has 1 aliphatic rings. The minimum absolute atomic E-state index is 0.00396. The minimum atomic E-state index is -0.0429. The number of amides is 2. The van der Waals surface area contributed by atoms with E-state index in [1.165, 1.54) is 11.3 Å².